The van der Waals surface area contributed by atoms with E-state index in [9.17, 15) is 9.59 Å². The van der Waals surface area contributed by atoms with Gasteiger partial charge in [0.05, 0.1) is 6.61 Å². The summed E-state index contributed by atoms with van der Waals surface area (Å²) in [5.41, 5.74) is 2.20. The maximum atomic E-state index is 12.5. The van der Waals surface area contributed by atoms with Crippen molar-refractivity contribution in [1.82, 2.24) is 4.90 Å². The number of hydrogen-bond acceptors (Lipinski definition) is 4. The van der Waals surface area contributed by atoms with Crippen molar-refractivity contribution in [3.63, 3.8) is 0 Å². The quantitative estimate of drug-likeness (QED) is 0.388. The molecule has 1 amide bonds. The summed E-state index contributed by atoms with van der Waals surface area (Å²) in [6, 6.07) is 19.1. The third kappa shape index (κ3) is 4.74. The molecule has 1 saturated heterocycles. The van der Waals surface area contributed by atoms with Gasteiger partial charge in [-0.1, -0.05) is 60.7 Å². The van der Waals surface area contributed by atoms with E-state index in [0.29, 0.717) is 13.2 Å². The van der Waals surface area contributed by atoms with Gasteiger partial charge in [-0.15, -0.1) is 0 Å². The third-order valence-corrected chi connectivity index (χ3v) is 4.62. The zero-order valence-electron chi connectivity index (χ0n) is 15.5. The van der Waals surface area contributed by atoms with Crippen LogP contribution in [0.5, 0.6) is 0 Å². The van der Waals surface area contributed by atoms with Gasteiger partial charge in [-0.05, 0) is 30.9 Å². The zero-order valence-corrected chi connectivity index (χ0v) is 15.5. The third-order valence-electron chi connectivity index (χ3n) is 4.62. The van der Waals surface area contributed by atoms with Crippen molar-refractivity contribution in [3.8, 4) is 0 Å². The van der Waals surface area contributed by atoms with Crippen molar-refractivity contribution < 1.29 is 19.1 Å². The van der Waals surface area contributed by atoms with E-state index in [0.717, 1.165) is 18.4 Å². The first kappa shape index (κ1) is 19.1. The van der Waals surface area contributed by atoms with Crippen LogP contribution < -0.4 is 0 Å². The number of esters is 1. The average molecular weight is 367 g/mol. The second-order valence-electron chi connectivity index (χ2n) is 6.53. The Labute approximate surface area is 159 Å². The smallest absolute Gasteiger partial charge is 0.332 e. The molecule has 2 atom stereocenters. The molecule has 1 aliphatic heterocycles. The molecule has 0 spiro atoms. The highest BCUT2D eigenvalue weighted by Gasteiger charge is 2.53. The fourth-order valence-corrected chi connectivity index (χ4v) is 3.25. The van der Waals surface area contributed by atoms with Crippen molar-refractivity contribution in [2.45, 2.75) is 38.5 Å². The van der Waals surface area contributed by atoms with Gasteiger partial charge in [-0.2, -0.15) is 0 Å². The minimum absolute atomic E-state index is 0.156. The molecule has 2 aromatic rings. The van der Waals surface area contributed by atoms with Gasteiger partial charge < -0.3 is 14.4 Å². The number of benzene rings is 2. The van der Waals surface area contributed by atoms with Gasteiger partial charge in [-0.25, -0.2) is 4.79 Å². The van der Waals surface area contributed by atoms with E-state index in [1.807, 2.05) is 48.5 Å². The number of ether oxygens (including phenoxy) is 2. The topological polar surface area (TPSA) is 55.8 Å². The fourth-order valence-electron chi connectivity index (χ4n) is 3.25. The van der Waals surface area contributed by atoms with Gasteiger partial charge in [0.2, 0.25) is 0 Å². The summed E-state index contributed by atoms with van der Waals surface area (Å²) in [7, 11) is 0. The first-order valence-corrected chi connectivity index (χ1v) is 9.37. The van der Waals surface area contributed by atoms with Crippen molar-refractivity contribution in [2.75, 3.05) is 13.2 Å². The minimum atomic E-state index is -0.747. The predicted octanol–water partition coefficient (Wildman–Crippen LogP) is 2.98. The minimum Gasteiger partial charge on any atom is -0.464 e. The van der Waals surface area contributed by atoms with Crippen molar-refractivity contribution in [2.24, 2.45) is 0 Å². The van der Waals surface area contributed by atoms with Gasteiger partial charge in [-0.3, -0.25) is 4.79 Å². The predicted molar refractivity (Wildman–Crippen MR) is 102 cm³/mol. The standard InChI is InChI=1S/C22H25NO4/c1-2-26-22(25)19-20(27-15-9-14-17-10-5-3-6-11-17)21(24)23(19)16-18-12-7-4-8-13-18/h3-8,10-13,19-20H,2,9,14-16H2,1H3/t19-,20-/m0/s1. The van der Waals surface area contributed by atoms with Gasteiger partial charge in [0.15, 0.2) is 12.1 Å². The van der Waals surface area contributed by atoms with E-state index in [2.05, 4.69) is 12.1 Å². The summed E-state index contributed by atoms with van der Waals surface area (Å²) in [5.74, 6) is -0.558. The summed E-state index contributed by atoms with van der Waals surface area (Å²) >= 11 is 0. The number of carbonyl (C=O) groups excluding carboxylic acids is 2. The van der Waals surface area contributed by atoms with Gasteiger partial charge in [0, 0.05) is 13.2 Å². The molecule has 0 N–H and O–H groups in total. The Kier molecular flexibility index (Phi) is 6.60. The highest BCUT2D eigenvalue weighted by Crippen LogP contribution is 2.27. The SMILES string of the molecule is CCOC(=O)[C@@H]1[C@H](OCCCc2ccccc2)C(=O)N1Cc1ccccc1. The lowest BCUT2D eigenvalue weighted by molar-refractivity contribution is -0.189. The van der Waals surface area contributed by atoms with E-state index < -0.39 is 18.1 Å². The molecular formula is C22H25NO4. The number of nitrogens with zero attached hydrogens (tertiary/aromatic N) is 1. The molecule has 2 aromatic carbocycles. The van der Waals surface area contributed by atoms with Crippen LogP contribution in [-0.2, 0) is 32.0 Å². The highest BCUT2D eigenvalue weighted by molar-refractivity contribution is 5.99. The fraction of sp³-hybridized carbons (Fsp3) is 0.364. The summed E-state index contributed by atoms with van der Waals surface area (Å²) < 4.78 is 10.9. The summed E-state index contributed by atoms with van der Waals surface area (Å²) in [6.07, 6.45) is 0.922. The molecule has 0 radical (unpaired) electrons. The Morgan fingerprint density at radius 3 is 2.26 bits per heavy atom. The molecule has 142 valence electrons. The molecule has 0 bridgehead atoms. The largest absolute Gasteiger partial charge is 0.464 e. The van der Waals surface area contributed by atoms with E-state index in [1.165, 1.54) is 10.5 Å². The number of β-lactam (4-membered cyclic amide) rings is 1. The van der Waals surface area contributed by atoms with Crippen LogP contribution in [0.2, 0.25) is 0 Å². The molecule has 1 fully saturated rings. The second-order valence-corrected chi connectivity index (χ2v) is 6.53. The van der Waals surface area contributed by atoms with Crippen LogP contribution in [0.15, 0.2) is 60.7 Å². The number of rotatable bonds is 9. The Morgan fingerprint density at radius 2 is 1.63 bits per heavy atom. The lowest BCUT2D eigenvalue weighted by Crippen LogP contribution is -2.68. The molecule has 0 aromatic heterocycles. The summed E-state index contributed by atoms with van der Waals surface area (Å²) in [5, 5.41) is 0. The van der Waals surface area contributed by atoms with Crippen LogP contribution in [0.3, 0.4) is 0 Å². The maximum absolute atomic E-state index is 12.5. The van der Waals surface area contributed by atoms with Crippen LogP contribution in [0, 0.1) is 0 Å². The molecular weight excluding hydrogens is 342 g/mol. The summed E-state index contributed by atoms with van der Waals surface area (Å²) in [4.78, 5) is 26.4. The monoisotopic (exact) mass is 367 g/mol. The second kappa shape index (κ2) is 9.33. The Bertz CT molecular complexity index is 747. The van der Waals surface area contributed by atoms with Crippen LogP contribution in [0.25, 0.3) is 0 Å². The Hall–Kier alpha value is -2.66. The Balaban J connectivity index is 1.56. The van der Waals surface area contributed by atoms with Gasteiger partial charge >= 0.3 is 5.97 Å². The molecule has 3 rings (SSSR count). The Morgan fingerprint density at radius 1 is 1.00 bits per heavy atom. The number of likely N-dealkylation sites (tertiary alicyclic amines) is 1. The average Bonchev–Trinajstić information content (AvgIpc) is 2.70. The molecule has 1 heterocycles. The number of hydrogen-bond donors (Lipinski definition) is 0. The van der Waals surface area contributed by atoms with Crippen LogP contribution >= 0.6 is 0 Å². The lowest BCUT2D eigenvalue weighted by atomic mass is 9.96. The van der Waals surface area contributed by atoms with Crippen molar-refractivity contribution in [3.05, 3.63) is 71.8 Å². The molecule has 27 heavy (non-hydrogen) atoms. The van der Waals surface area contributed by atoms with E-state index in [1.54, 1.807) is 6.92 Å². The lowest BCUT2D eigenvalue weighted by Gasteiger charge is -2.44. The highest BCUT2D eigenvalue weighted by atomic mass is 16.5. The van der Waals surface area contributed by atoms with E-state index in [4.69, 9.17) is 9.47 Å². The molecule has 5 heteroatoms. The van der Waals surface area contributed by atoms with Crippen LogP contribution in [0.4, 0.5) is 0 Å². The van der Waals surface area contributed by atoms with E-state index >= 15 is 0 Å². The first-order chi connectivity index (χ1) is 13.2. The molecule has 1 aliphatic rings. The molecule has 0 saturated carbocycles. The zero-order chi connectivity index (χ0) is 19.1. The number of carbonyl (C=O) groups is 2. The summed E-state index contributed by atoms with van der Waals surface area (Å²) in [6.45, 7) is 2.85. The maximum Gasteiger partial charge on any atom is 0.332 e. The number of aryl methyl sites for hydroxylation is 1. The molecule has 0 aliphatic carbocycles. The van der Waals surface area contributed by atoms with Crippen LogP contribution in [0.1, 0.15) is 24.5 Å². The van der Waals surface area contributed by atoms with Crippen molar-refractivity contribution >= 4 is 11.9 Å². The van der Waals surface area contributed by atoms with Crippen LogP contribution in [-0.4, -0.2) is 42.1 Å². The molecule has 0 unspecified atom stereocenters. The van der Waals surface area contributed by atoms with Gasteiger partial charge in [0.1, 0.15) is 0 Å². The number of amides is 1. The van der Waals surface area contributed by atoms with E-state index in [-0.39, 0.29) is 12.5 Å². The van der Waals surface area contributed by atoms with Crippen molar-refractivity contribution in [1.29, 1.82) is 0 Å². The van der Waals surface area contributed by atoms with Gasteiger partial charge in [0.25, 0.3) is 5.91 Å². The first-order valence-electron chi connectivity index (χ1n) is 9.37. The normalized spacial score (nSPS) is 18.9. The molecule has 5 nitrogen and oxygen atoms in total.